The third-order valence-electron chi connectivity index (χ3n) is 3.85. The minimum absolute atomic E-state index is 0.0198. The van der Waals surface area contributed by atoms with E-state index in [9.17, 15) is 23.2 Å². The number of nitrogens with one attached hydrogen (secondary N) is 2. The number of carbonyl (C=O) groups excluding carboxylic acids is 1. The Kier molecular flexibility index (Phi) is 5.30. The van der Waals surface area contributed by atoms with Gasteiger partial charge in [-0.3, -0.25) is 19.1 Å². The number of hydrogen-bond acceptors (Lipinski definition) is 4. The Bertz CT molecular complexity index is 1070. The highest BCUT2D eigenvalue weighted by molar-refractivity contribution is 5.81. The fourth-order valence-electron chi connectivity index (χ4n) is 2.59. The van der Waals surface area contributed by atoms with E-state index < -0.39 is 23.8 Å². The molecule has 2 N–H and O–H groups in total. The minimum Gasteiger partial charge on any atom is -0.435 e. The topological polar surface area (TPSA) is 93.2 Å². The summed E-state index contributed by atoms with van der Waals surface area (Å²) in [5.74, 6) is -0.423. The van der Waals surface area contributed by atoms with Gasteiger partial charge in [0.25, 0.3) is 5.56 Å². The normalized spacial score (nSPS) is 10.9. The van der Waals surface area contributed by atoms with Crippen molar-refractivity contribution in [2.24, 2.45) is 0 Å². The van der Waals surface area contributed by atoms with Crippen molar-refractivity contribution in [1.82, 2.24) is 14.9 Å². The number of fused-ring (bicyclic) bond motifs is 1. The van der Waals surface area contributed by atoms with Gasteiger partial charge in [-0.05, 0) is 29.8 Å². The van der Waals surface area contributed by atoms with Gasteiger partial charge in [0.1, 0.15) is 12.3 Å². The highest BCUT2D eigenvalue weighted by Crippen LogP contribution is 2.14. The van der Waals surface area contributed by atoms with Crippen LogP contribution in [-0.2, 0) is 17.9 Å². The monoisotopic (exact) mass is 375 g/mol. The molecule has 7 nitrogen and oxygen atoms in total. The zero-order valence-electron chi connectivity index (χ0n) is 13.9. The van der Waals surface area contributed by atoms with Crippen LogP contribution in [0, 0.1) is 0 Å². The zero-order chi connectivity index (χ0) is 19.4. The van der Waals surface area contributed by atoms with Crippen LogP contribution in [0.4, 0.5) is 8.78 Å². The molecule has 2 aromatic carbocycles. The standard InChI is InChI=1S/C18H15F2N3O4/c19-17(20)27-12-7-5-11(6-8-12)9-21-15(24)10-23-14-4-2-1-3-13(14)16(25)22-18(23)26/h1-8,17H,9-10H2,(H,21,24)(H,22,25,26). The number of halogens is 2. The first kappa shape index (κ1) is 18.3. The van der Waals surface area contributed by atoms with E-state index in [-0.39, 0.29) is 18.8 Å². The Morgan fingerprint density at radius 1 is 1.11 bits per heavy atom. The van der Waals surface area contributed by atoms with Gasteiger partial charge in [-0.1, -0.05) is 24.3 Å². The lowest BCUT2D eigenvalue weighted by atomic mass is 10.2. The van der Waals surface area contributed by atoms with Gasteiger partial charge in [0.2, 0.25) is 5.91 Å². The van der Waals surface area contributed by atoms with Crippen LogP contribution in [0.1, 0.15) is 5.56 Å². The first-order chi connectivity index (χ1) is 12.9. The van der Waals surface area contributed by atoms with Crippen LogP contribution in [0.25, 0.3) is 10.9 Å². The van der Waals surface area contributed by atoms with Crippen LogP contribution in [0.2, 0.25) is 0 Å². The summed E-state index contributed by atoms with van der Waals surface area (Å²) in [7, 11) is 0. The molecule has 0 bridgehead atoms. The molecular formula is C18H15F2N3O4. The van der Waals surface area contributed by atoms with Crippen molar-refractivity contribution in [3.05, 3.63) is 74.9 Å². The number of hydrogen-bond donors (Lipinski definition) is 2. The van der Waals surface area contributed by atoms with Crippen molar-refractivity contribution in [3.8, 4) is 5.75 Å². The maximum atomic E-state index is 12.2. The number of amides is 1. The molecule has 27 heavy (non-hydrogen) atoms. The van der Waals surface area contributed by atoms with E-state index in [2.05, 4.69) is 15.0 Å². The fourth-order valence-corrected chi connectivity index (χ4v) is 2.59. The first-order valence-corrected chi connectivity index (χ1v) is 7.96. The molecule has 3 rings (SSSR count). The Hall–Kier alpha value is -3.49. The van der Waals surface area contributed by atoms with Crippen LogP contribution >= 0.6 is 0 Å². The average molecular weight is 375 g/mol. The summed E-state index contributed by atoms with van der Waals surface area (Å²) >= 11 is 0. The highest BCUT2D eigenvalue weighted by Gasteiger charge is 2.11. The molecule has 0 aliphatic rings. The molecule has 0 spiro atoms. The van der Waals surface area contributed by atoms with Crippen molar-refractivity contribution < 1.29 is 18.3 Å². The second-order valence-electron chi connectivity index (χ2n) is 5.66. The van der Waals surface area contributed by atoms with Gasteiger partial charge < -0.3 is 10.1 Å². The Balaban J connectivity index is 1.69. The molecule has 0 aliphatic heterocycles. The molecule has 3 aromatic rings. The van der Waals surface area contributed by atoms with Crippen LogP contribution in [-0.4, -0.2) is 22.1 Å². The van der Waals surface area contributed by atoms with Gasteiger partial charge in [-0.2, -0.15) is 8.78 Å². The predicted octanol–water partition coefficient (Wildman–Crippen LogP) is 1.61. The summed E-state index contributed by atoms with van der Waals surface area (Å²) in [4.78, 5) is 38.2. The summed E-state index contributed by atoms with van der Waals surface area (Å²) in [5, 5.41) is 2.94. The van der Waals surface area contributed by atoms with E-state index in [1.54, 1.807) is 36.4 Å². The number of aromatic nitrogens is 2. The maximum absolute atomic E-state index is 12.2. The van der Waals surface area contributed by atoms with Crippen LogP contribution in [0.15, 0.2) is 58.1 Å². The molecule has 1 heterocycles. The number of benzene rings is 2. The molecule has 0 unspecified atom stereocenters. The summed E-state index contributed by atoms with van der Waals surface area (Å²) in [6.45, 7) is -3.03. The Morgan fingerprint density at radius 2 is 1.81 bits per heavy atom. The molecule has 1 amide bonds. The van der Waals surface area contributed by atoms with Crippen molar-refractivity contribution >= 4 is 16.8 Å². The van der Waals surface area contributed by atoms with Crippen LogP contribution in [0.3, 0.4) is 0 Å². The average Bonchev–Trinajstić information content (AvgIpc) is 2.64. The molecule has 140 valence electrons. The van der Waals surface area contributed by atoms with Gasteiger partial charge >= 0.3 is 12.3 Å². The van der Waals surface area contributed by atoms with E-state index in [1.165, 1.54) is 16.7 Å². The fraction of sp³-hybridized carbons (Fsp3) is 0.167. The number of rotatable bonds is 6. The van der Waals surface area contributed by atoms with Gasteiger partial charge in [0, 0.05) is 6.54 Å². The number of ether oxygens (including phenoxy) is 1. The summed E-state index contributed by atoms with van der Waals surface area (Å²) < 4.78 is 29.7. The van der Waals surface area contributed by atoms with Gasteiger partial charge in [-0.25, -0.2) is 4.79 Å². The summed E-state index contributed by atoms with van der Waals surface area (Å²) in [5.41, 5.74) is -0.167. The molecule has 0 saturated heterocycles. The van der Waals surface area contributed by atoms with E-state index in [0.29, 0.717) is 16.5 Å². The number of alkyl halides is 2. The smallest absolute Gasteiger partial charge is 0.387 e. The molecule has 0 aliphatic carbocycles. The van der Waals surface area contributed by atoms with Crippen LogP contribution in [0.5, 0.6) is 5.75 Å². The SMILES string of the molecule is O=C(Cn1c(=O)[nH]c(=O)c2ccccc21)NCc1ccc(OC(F)F)cc1. The second-order valence-corrected chi connectivity index (χ2v) is 5.66. The molecular weight excluding hydrogens is 360 g/mol. The van der Waals surface area contributed by atoms with Gasteiger partial charge in [-0.15, -0.1) is 0 Å². The first-order valence-electron chi connectivity index (χ1n) is 7.96. The van der Waals surface area contributed by atoms with E-state index in [4.69, 9.17) is 0 Å². The minimum atomic E-state index is -2.90. The van der Waals surface area contributed by atoms with Crippen molar-refractivity contribution in [2.75, 3.05) is 0 Å². The zero-order valence-corrected chi connectivity index (χ0v) is 13.9. The van der Waals surface area contributed by atoms with E-state index in [1.807, 2.05) is 0 Å². The third-order valence-corrected chi connectivity index (χ3v) is 3.85. The van der Waals surface area contributed by atoms with Crippen molar-refractivity contribution in [2.45, 2.75) is 19.7 Å². The lowest BCUT2D eigenvalue weighted by molar-refractivity contribution is -0.121. The van der Waals surface area contributed by atoms with E-state index >= 15 is 0 Å². The van der Waals surface area contributed by atoms with E-state index in [0.717, 1.165) is 0 Å². The number of H-pyrrole nitrogens is 1. The number of para-hydroxylation sites is 1. The molecule has 0 atom stereocenters. The highest BCUT2D eigenvalue weighted by atomic mass is 19.3. The predicted molar refractivity (Wildman–Crippen MR) is 93.7 cm³/mol. The summed E-state index contributed by atoms with van der Waals surface area (Å²) in [6, 6.07) is 12.3. The number of aromatic amines is 1. The molecule has 1 aromatic heterocycles. The maximum Gasteiger partial charge on any atom is 0.387 e. The third kappa shape index (κ3) is 4.38. The van der Waals surface area contributed by atoms with Gasteiger partial charge in [0.15, 0.2) is 0 Å². The van der Waals surface area contributed by atoms with Crippen molar-refractivity contribution in [3.63, 3.8) is 0 Å². The van der Waals surface area contributed by atoms with Gasteiger partial charge in [0.05, 0.1) is 10.9 Å². The quantitative estimate of drug-likeness (QED) is 0.685. The Labute approximate surface area is 151 Å². The number of carbonyl (C=O) groups is 1. The molecule has 0 saturated carbocycles. The number of nitrogens with zero attached hydrogens (tertiary/aromatic N) is 1. The Morgan fingerprint density at radius 3 is 2.52 bits per heavy atom. The molecule has 0 radical (unpaired) electrons. The summed E-state index contributed by atoms with van der Waals surface area (Å²) in [6.07, 6.45) is 0. The van der Waals surface area contributed by atoms with Crippen LogP contribution < -0.4 is 21.3 Å². The second kappa shape index (κ2) is 7.81. The lowest BCUT2D eigenvalue weighted by Gasteiger charge is -2.10. The lowest BCUT2D eigenvalue weighted by Crippen LogP contribution is -2.36. The van der Waals surface area contributed by atoms with Crippen molar-refractivity contribution in [1.29, 1.82) is 0 Å². The molecule has 9 heteroatoms. The molecule has 0 fully saturated rings. The largest absolute Gasteiger partial charge is 0.435 e.